The number of hydrogen-bond acceptors (Lipinski definition) is 5. The molecule has 17 heavy (non-hydrogen) atoms. The molecule has 5 heteroatoms. The van der Waals surface area contributed by atoms with Gasteiger partial charge in [-0.25, -0.2) is 9.97 Å². The van der Waals surface area contributed by atoms with Crippen molar-refractivity contribution in [3.63, 3.8) is 0 Å². The van der Waals surface area contributed by atoms with E-state index >= 15 is 0 Å². The summed E-state index contributed by atoms with van der Waals surface area (Å²) in [7, 11) is 0. The standard InChI is InChI=1S/C12H20N4O/c1-8(2)12-14-10(13)7-11(15-12)16(5-6-17)9-3-4-9/h7-9,17H,3-6H2,1-2H3,(H2,13,14,15). The van der Waals surface area contributed by atoms with Crippen LogP contribution in [0.2, 0.25) is 0 Å². The molecule has 1 aliphatic rings. The lowest BCUT2D eigenvalue weighted by molar-refractivity contribution is 0.301. The summed E-state index contributed by atoms with van der Waals surface area (Å²) in [5.41, 5.74) is 5.81. The van der Waals surface area contributed by atoms with Crippen molar-refractivity contribution in [1.29, 1.82) is 0 Å². The number of aliphatic hydroxyl groups excluding tert-OH is 1. The molecule has 1 aliphatic carbocycles. The molecule has 2 rings (SSSR count). The number of anilines is 2. The Kier molecular flexibility index (Phi) is 3.47. The highest BCUT2D eigenvalue weighted by Gasteiger charge is 2.30. The van der Waals surface area contributed by atoms with E-state index < -0.39 is 0 Å². The quantitative estimate of drug-likeness (QED) is 0.802. The summed E-state index contributed by atoms with van der Waals surface area (Å²) in [5, 5.41) is 9.11. The van der Waals surface area contributed by atoms with Gasteiger partial charge in [-0.2, -0.15) is 0 Å². The Balaban J connectivity index is 2.28. The number of aromatic nitrogens is 2. The number of aliphatic hydroxyl groups is 1. The van der Waals surface area contributed by atoms with Gasteiger partial charge in [0.1, 0.15) is 17.5 Å². The van der Waals surface area contributed by atoms with Crippen LogP contribution in [0.25, 0.3) is 0 Å². The third-order valence-electron chi connectivity index (χ3n) is 2.89. The van der Waals surface area contributed by atoms with Crippen molar-refractivity contribution in [2.24, 2.45) is 0 Å². The number of nitrogens with two attached hydrogens (primary N) is 1. The molecule has 0 radical (unpaired) electrons. The van der Waals surface area contributed by atoms with Gasteiger partial charge in [0.05, 0.1) is 6.61 Å². The second-order valence-corrected chi connectivity index (χ2v) is 4.81. The van der Waals surface area contributed by atoms with Gasteiger partial charge in [0.15, 0.2) is 0 Å². The molecule has 0 bridgehead atoms. The zero-order chi connectivity index (χ0) is 12.4. The van der Waals surface area contributed by atoms with Crippen LogP contribution in [-0.2, 0) is 0 Å². The number of nitrogen functional groups attached to an aromatic ring is 1. The maximum absolute atomic E-state index is 9.11. The van der Waals surface area contributed by atoms with Gasteiger partial charge in [-0.3, -0.25) is 0 Å². The molecule has 0 aliphatic heterocycles. The first kappa shape index (κ1) is 12.1. The lowest BCUT2D eigenvalue weighted by Gasteiger charge is -2.23. The smallest absolute Gasteiger partial charge is 0.135 e. The van der Waals surface area contributed by atoms with E-state index in [2.05, 4.69) is 14.9 Å². The Bertz CT molecular complexity index is 390. The first-order valence-corrected chi connectivity index (χ1v) is 6.13. The van der Waals surface area contributed by atoms with E-state index in [9.17, 15) is 0 Å². The number of nitrogens with zero attached hydrogens (tertiary/aromatic N) is 3. The van der Waals surface area contributed by atoms with Crippen LogP contribution in [0.1, 0.15) is 38.4 Å². The summed E-state index contributed by atoms with van der Waals surface area (Å²) in [5.74, 6) is 2.37. The fourth-order valence-corrected chi connectivity index (χ4v) is 1.85. The predicted octanol–water partition coefficient (Wildman–Crippen LogP) is 1.14. The first-order chi connectivity index (χ1) is 8.11. The first-order valence-electron chi connectivity index (χ1n) is 6.13. The van der Waals surface area contributed by atoms with Crippen molar-refractivity contribution in [2.45, 2.75) is 38.6 Å². The summed E-state index contributed by atoms with van der Waals surface area (Å²) in [6, 6.07) is 2.30. The Morgan fingerprint density at radius 1 is 1.47 bits per heavy atom. The van der Waals surface area contributed by atoms with Crippen molar-refractivity contribution in [2.75, 3.05) is 23.8 Å². The van der Waals surface area contributed by atoms with Crippen LogP contribution in [0, 0.1) is 0 Å². The van der Waals surface area contributed by atoms with Crippen LogP contribution in [-0.4, -0.2) is 34.3 Å². The van der Waals surface area contributed by atoms with Crippen molar-refractivity contribution < 1.29 is 5.11 Å². The van der Waals surface area contributed by atoms with E-state index in [0.717, 1.165) is 11.6 Å². The van der Waals surface area contributed by atoms with Crippen LogP contribution in [0.4, 0.5) is 11.6 Å². The Hall–Kier alpha value is -1.36. The zero-order valence-corrected chi connectivity index (χ0v) is 10.4. The third kappa shape index (κ3) is 2.85. The summed E-state index contributed by atoms with van der Waals surface area (Å²) >= 11 is 0. The van der Waals surface area contributed by atoms with Gasteiger partial charge in [0, 0.05) is 24.6 Å². The molecule has 1 fully saturated rings. The molecular formula is C12H20N4O. The van der Waals surface area contributed by atoms with E-state index in [1.54, 1.807) is 6.07 Å². The van der Waals surface area contributed by atoms with E-state index in [4.69, 9.17) is 10.8 Å². The average molecular weight is 236 g/mol. The van der Waals surface area contributed by atoms with Gasteiger partial charge in [0.2, 0.25) is 0 Å². The second kappa shape index (κ2) is 4.87. The molecule has 1 aromatic heterocycles. The average Bonchev–Trinajstić information content (AvgIpc) is 3.08. The van der Waals surface area contributed by atoms with Gasteiger partial charge in [-0.1, -0.05) is 13.8 Å². The highest BCUT2D eigenvalue weighted by Crippen LogP contribution is 2.31. The van der Waals surface area contributed by atoms with E-state index in [1.807, 2.05) is 13.8 Å². The summed E-state index contributed by atoms with van der Waals surface area (Å²) in [4.78, 5) is 10.9. The summed E-state index contributed by atoms with van der Waals surface area (Å²) in [6.45, 7) is 4.84. The minimum atomic E-state index is 0.136. The van der Waals surface area contributed by atoms with E-state index in [0.29, 0.717) is 18.4 Å². The molecule has 0 amide bonds. The van der Waals surface area contributed by atoms with Crippen LogP contribution < -0.4 is 10.6 Å². The van der Waals surface area contributed by atoms with E-state index in [1.165, 1.54) is 12.8 Å². The maximum atomic E-state index is 9.11. The summed E-state index contributed by atoms with van der Waals surface area (Å²) in [6.07, 6.45) is 2.34. The lowest BCUT2D eigenvalue weighted by atomic mass is 10.2. The SMILES string of the molecule is CC(C)c1nc(N)cc(N(CCO)C2CC2)n1. The largest absolute Gasteiger partial charge is 0.395 e. The van der Waals surface area contributed by atoms with Gasteiger partial charge in [0.25, 0.3) is 0 Å². The molecular weight excluding hydrogens is 216 g/mol. The van der Waals surface area contributed by atoms with Gasteiger partial charge in [-0.15, -0.1) is 0 Å². The number of hydrogen-bond donors (Lipinski definition) is 2. The Labute approximate surface area is 102 Å². The monoisotopic (exact) mass is 236 g/mol. The van der Waals surface area contributed by atoms with Crippen LogP contribution in [0.5, 0.6) is 0 Å². The molecule has 1 saturated carbocycles. The van der Waals surface area contributed by atoms with Crippen LogP contribution >= 0.6 is 0 Å². The second-order valence-electron chi connectivity index (χ2n) is 4.81. The molecule has 5 nitrogen and oxygen atoms in total. The molecule has 1 heterocycles. The Morgan fingerprint density at radius 2 is 2.18 bits per heavy atom. The summed E-state index contributed by atoms with van der Waals surface area (Å²) < 4.78 is 0. The molecule has 1 aromatic rings. The van der Waals surface area contributed by atoms with Crippen LogP contribution in [0.3, 0.4) is 0 Å². The molecule has 94 valence electrons. The third-order valence-corrected chi connectivity index (χ3v) is 2.89. The maximum Gasteiger partial charge on any atom is 0.135 e. The van der Waals surface area contributed by atoms with Crippen molar-refractivity contribution in [1.82, 2.24) is 9.97 Å². The Morgan fingerprint density at radius 3 is 2.71 bits per heavy atom. The topological polar surface area (TPSA) is 75.3 Å². The van der Waals surface area contributed by atoms with Gasteiger partial charge in [-0.05, 0) is 12.8 Å². The normalized spacial score (nSPS) is 15.3. The van der Waals surface area contributed by atoms with E-state index in [-0.39, 0.29) is 12.5 Å². The van der Waals surface area contributed by atoms with Gasteiger partial charge >= 0.3 is 0 Å². The molecule has 0 unspecified atom stereocenters. The molecule has 0 saturated heterocycles. The number of rotatable bonds is 5. The molecule has 0 spiro atoms. The molecule has 3 N–H and O–H groups in total. The minimum Gasteiger partial charge on any atom is -0.395 e. The molecule has 0 aromatic carbocycles. The molecule has 0 atom stereocenters. The van der Waals surface area contributed by atoms with Crippen molar-refractivity contribution in [3.8, 4) is 0 Å². The van der Waals surface area contributed by atoms with Crippen LogP contribution in [0.15, 0.2) is 6.07 Å². The van der Waals surface area contributed by atoms with Gasteiger partial charge < -0.3 is 15.7 Å². The van der Waals surface area contributed by atoms with Crippen molar-refractivity contribution >= 4 is 11.6 Å². The zero-order valence-electron chi connectivity index (χ0n) is 10.4. The minimum absolute atomic E-state index is 0.136. The lowest BCUT2D eigenvalue weighted by Crippen LogP contribution is -2.30. The fourth-order valence-electron chi connectivity index (χ4n) is 1.85. The highest BCUT2D eigenvalue weighted by atomic mass is 16.3. The van der Waals surface area contributed by atoms with Crippen molar-refractivity contribution in [3.05, 3.63) is 11.9 Å². The predicted molar refractivity (Wildman–Crippen MR) is 68.0 cm³/mol. The fraction of sp³-hybridized carbons (Fsp3) is 0.667. The highest BCUT2D eigenvalue weighted by molar-refractivity contribution is 5.49.